The molecule has 0 aliphatic heterocycles. The van der Waals surface area contributed by atoms with Gasteiger partial charge in [0, 0.05) is 7.05 Å². The van der Waals surface area contributed by atoms with E-state index >= 15 is 0 Å². The van der Waals surface area contributed by atoms with Crippen LogP contribution < -0.4 is 0 Å². The van der Waals surface area contributed by atoms with Crippen molar-refractivity contribution in [3.63, 3.8) is 0 Å². The van der Waals surface area contributed by atoms with Crippen LogP contribution in [0.1, 0.15) is 28.2 Å². The number of carbonyl (C=O) groups excluding carboxylic acids is 3. The maximum Gasteiger partial charge on any atom is 0.354 e. The van der Waals surface area contributed by atoms with E-state index in [0.717, 1.165) is 5.56 Å². The molecule has 0 saturated carbocycles. The zero-order valence-electron chi connectivity index (χ0n) is 12.9. The van der Waals surface area contributed by atoms with Crippen LogP contribution in [-0.4, -0.2) is 43.8 Å². The van der Waals surface area contributed by atoms with Gasteiger partial charge in [0.2, 0.25) is 0 Å². The largest absolute Gasteiger partial charge is 0.466 e. The van der Waals surface area contributed by atoms with Gasteiger partial charge >= 0.3 is 17.9 Å². The van der Waals surface area contributed by atoms with E-state index in [-0.39, 0.29) is 11.1 Å². The Morgan fingerprint density at radius 3 is 2.09 bits per heavy atom. The molecule has 118 valence electrons. The number of fused-ring (bicyclic) bond motifs is 1. The van der Waals surface area contributed by atoms with E-state index in [1.165, 1.54) is 25.9 Å². The van der Waals surface area contributed by atoms with Crippen LogP contribution in [-0.2, 0) is 37.3 Å². The fourth-order valence-electron chi connectivity index (χ4n) is 2.66. The van der Waals surface area contributed by atoms with E-state index < -0.39 is 17.9 Å². The first-order chi connectivity index (χ1) is 10.5. The molecule has 1 aromatic heterocycles. The Morgan fingerprint density at radius 1 is 0.955 bits per heavy atom. The Bertz CT molecular complexity index is 682. The van der Waals surface area contributed by atoms with Crippen molar-refractivity contribution >= 4 is 23.5 Å². The first-order valence-corrected chi connectivity index (χ1v) is 6.63. The lowest BCUT2D eigenvalue weighted by molar-refractivity contribution is -0.138. The standard InChI is InChI=1S/C15H17NO6/c1-16-10(14(18)21-3)7-8-5-6-9(13(17)20-2)11(12(8)16)15(19)22-4/h7H,5-6H2,1-4H3. The molecular formula is C15H17NO6. The van der Waals surface area contributed by atoms with Gasteiger partial charge in [-0.25, -0.2) is 14.4 Å². The molecule has 0 bridgehead atoms. The molecule has 7 nitrogen and oxygen atoms in total. The number of nitrogens with zero attached hydrogens (tertiary/aromatic N) is 1. The smallest absolute Gasteiger partial charge is 0.354 e. The summed E-state index contributed by atoms with van der Waals surface area (Å²) in [5.74, 6) is -1.73. The van der Waals surface area contributed by atoms with Crippen molar-refractivity contribution in [3.8, 4) is 0 Å². The molecule has 2 rings (SSSR count). The Hall–Kier alpha value is -2.57. The second-order valence-corrected chi connectivity index (χ2v) is 4.79. The zero-order chi connectivity index (χ0) is 16.4. The highest BCUT2D eigenvalue weighted by Gasteiger charge is 2.33. The van der Waals surface area contributed by atoms with Crippen LogP contribution in [0.4, 0.5) is 0 Å². The highest BCUT2D eigenvalue weighted by Crippen LogP contribution is 2.34. The van der Waals surface area contributed by atoms with Gasteiger partial charge < -0.3 is 18.8 Å². The molecule has 0 amide bonds. The molecule has 0 aromatic carbocycles. The topological polar surface area (TPSA) is 83.8 Å². The van der Waals surface area contributed by atoms with Crippen LogP contribution in [0.15, 0.2) is 11.6 Å². The predicted molar refractivity (Wildman–Crippen MR) is 76.0 cm³/mol. The van der Waals surface area contributed by atoms with Crippen molar-refractivity contribution < 1.29 is 28.6 Å². The van der Waals surface area contributed by atoms with Gasteiger partial charge in [-0.3, -0.25) is 0 Å². The van der Waals surface area contributed by atoms with E-state index in [0.29, 0.717) is 24.2 Å². The molecule has 0 saturated heterocycles. The monoisotopic (exact) mass is 307 g/mol. The molecule has 7 heteroatoms. The normalized spacial score (nSPS) is 13.5. The summed E-state index contributed by atoms with van der Waals surface area (Å²) in [6, 6.07) is 1.66. The van der Waals surface area contributed by atoms with Crippen LogP contribution in [0.3, 0.4) is 0 Å². The van der Waals surface area contributed by atoms with Gasteiger partial charge in [-0.2, -0.15) is 0 Å². The fourth-order valence-corrected chi connectivity index (χ4v) is 2.66. The molecule has 22 heavy (non-hydrogen) atoms. The summed E-state index contributed by atoms with van der Waals surface area (Å²) < 4.78 is 15.8. The van der Waals surface area contributed by atoms with Gasteiger partial charge in [-0.1, -0.05) is 0 Å². The Balaban J connectivity index is 2.70. The summed E-state index contributed by atoms with van der Waals surface area (Å²) >= 11 is 0. The van der Waals surface area contributed by atoms with Gasteiger partial charge in [-0.05, 0) is 24.5 Å². The van der Waals surface area contributed by atoms with Crippen molar-refractivity contribution in [2.75, 3.05) is 21.3 Å². The van der Waals surface area contributed by atoms with Crippen molar-refractivity contribution in [2.24, 2.45) is 7.05 Å². The summed E-state index contributed by atoms with van der Waals surface area (Å²) in [5.41, 5.74) is 1.96. The molecule has 1 aliphatic carbocycles. The first kappa shape index (κ1) is 15.8. The highest BCUT2D eigenvalue weighted by molar-refractivity contribution is 6.23. The fraction of sp³-hybridized carbons (Fsp3) is 0.400. The van der Waals surface area contributed by atoms with Crippen LogP contribution in [0.25, 0.3) is 5.57 Å². The SMILES string of the molecule is COC(=O)C1=C(C(=O)OC)c2c(cc(C(=O)OC)n2C)CC1. The average Bonchev–Trinajstić information content (AvgIpc) is 2.88. The number of esters is 3. The highest BCUT2D eigenvalue weighted by atomic mass is 16.5. The average molecular weight is 307 g/mol. The Morgan fingerprint density at radius 2 is 1.55 bits per heavy atom. The lowest BCUT2D eigenvalue weighted by Crippen LogP contribution is -2.21. The minimum atomic E-state index is -0.640. The third-order valence-electron chi connectivity index (χ3n) is 3.71. The van der Waals surface area contributed by atoms with E-state index in [4.69, 9.17) is 14.2 Å². The van der Waals surface area contributed by atoms with Gasteiger partial charge in [0.25, 0.3) is 0 Å². The maximum absolute atomic E-state index is 12.1. The lowest BCUT2D eigenvalue weighted by Gasteiger charge is -2.19. The van der Waals surface area contributed by atoms with Gasteiger partial charge in [-0.15, -0.1) is 0 Å². The number of carbonyl (C=O) groups is 3. The number of hydrogen-bond acceptors (Lipinski definition) is 6. The molecule has 1 aromatic rings. The molecule has 0 unspecified atom stereocenters. The van der Waals surface area contributed by atoms with E-state index in [9.17, 15) is 14.4 Å². The van der Waals surface area contributed by atoms with E-state index in [1.807, 2.05) is 0 Å². The molecule has 1 aliphatic rings. The number of ether oxygens (including phenoxy) is 3. The van der Waals surface area contributed by atoms with E-state index in [2.05, 4.69) is 0 Å². The summed E-state index contributed by atoms with van der Waals surface area (Å²) in [7, 11) is 5.41. The van der Waals surface area contributed by atoms with Gasteiger partial charge in [0.05, 0.1) is 38.2 Å². The van der Waals surface area contributed by atoms with Crippen LogP contribution in [0, 0.1) is 0 Å². The first-order valence-electron chi connectivity index (χ1n) is 6.63. The summed E-state index contributed by atoms with van der Waals surface area (Å²) in [5, 5.41) is 0. The number of hydrogen-bond donors (Lipinski definition) is 0. The van der Waals surface area contributed by atoms with Gasteiger partial charge in [0.15, 0.2) is 0 Å². The Kier molecular flexibility index (Phi) is 4.35. The maximum atomic E-state index is 12.1. The van der Waals surface area contributed by atoms with E-state index in [1.54, 1.807) is 13.1 Å². The van der Waals surface area contributed by atoms with Crippen molar-refractivity contribution in [1.82, 2.24) is 4.57 Å². The molecule has 1 heterocycles. The second kappa shape index (κ2) is 6.05. The third kappa shape index (κ3) is 2.38. The molecule has 0 radical (unpaired) electrons. The minimum Gasteiger partial charge on any atom is -0.466 e. The lowest BCUT2D eigenvalue weighted by atomic mass is 9.90. The number of aryl methyl sites for hydroxylation is 1. The van der Waals surface area contributed by atoms with Crippen molar-refractivity contribution in [2.45, 2.75) is 12.8 Å². The number of rotatable bonds is 3. The van der Waals surface area contributed by atoms with Crippen LogP contribution >= 0.6 is 0 Å². The van der Waals surface area contributed by atoms with Crippen LogP contribution in [0.5, 0.6) is 0 Å². The second-order valence-electron chi connectivity index (χ2n) is 4.79. The Labute approximate surface area is 127 Å². The summed E-state index contributed by atoms with van der Waals surface area (Å²) in [6.07, 6.45) is 0.861. The summed E-state index contributed by atoms with van der Waals surface area (Å²) in [6.45, 7) is 0. The molecular weight excluding hydrogens is 290 g/mol. The number of methoxy groups -OCH3 is 3. The summed E-state index contributed by atoms with van der Waals surface area (Å²) in [4.78, 5) is 35.9. The minimum absolute atomic E-state index is 0.133. The molecule has 0 N–H and O–H groups in total. The van der Waals surface area contributed by atoms with Crippen LogP contribution in [0.2, 0.25) is 0 Å². The van der Waals surface area contributed by atoms with Crippen molar-refractivity contribution in [1.29, 1.82) is 0 Å². The van der Waals surface area contributed by atoms with Crippen molar-refractivity contribution in [3.05, 3.63) is 28.6 Å². The predicted octanol–water partition coefficient (Wildman–Crippen LogP) is 0.857. The molecule has 0 atom stereocenters. The van der Waals surface area contributed by atoms with Gasteiger partial charge in [0.1, 0.15) is 5.69 Å². The third-order valence-corrected chi connectivity index (χ3v) is 3.71. The number of aromatic nitrogens is 1. The quantitative estimate of drug-likeness (QED) is 0.608. The zero-order valence-corrected chi connectivity index (χ0v) is 12.9. The molecule has 0 fully saturated rings. The molecule has 0 spiro atoms.